The number of rotatable bonds is 3. The Morgan fingerprint density at radius 1 is 1.57 bits per heavy atom. The minimum Gasteiger partial charge on any atom is -0.294 e. The molecule has 0 aromatic carbocycles. The van der Waals surface area contributed by atoms with Crippen LogP contribution in [0.2, 0.25) is 0 Å². The second-order valence-electron chi connectivity index (χ2n) is 3.67. The maximum atomic E-state index is 12.3. The SMILES string of the molecule is FCCN1CCCC1c1cccnc1. The van der Waals surface area contributed by atoms with Gasteiger partial charge in [-0.25, -0.2) is 4.39 Å². The van der Waals surface area contributed by atoms with E-state index in [-0.39, 0.29) is 6.67 Å². The van der Waals surface area contributed by atoms with E-state index in [4.69, 9.17) is 0 Å². The number of likely N-dealkylation sites (tertiary alicyclic amines) is 1. The average molecular weight is 194 g/mol. The van der Waals surface area contributed by atoms with Crippen LogP contribution in [0.4, 0.5) is 4.39 Å². The molecule has 1 aromatic rings. The molecule has 2 nitrogen and oxygen atoms in total. The summed E-state index contributed by atoms with van der Waals surface area (Å²) in [6, 6.07) is 4.41. The maximum Gasteiger partial charge on any atom is 0.102 e. The zero-order valence-corrected chi connectivity index (χ0v) is 8.19. The van der Waals surface area contributed by atoms with Gasteiger partial charge >= 0.3 is 0 Å². The van der Waals surface area contributed by atoms with E-state index in [1.165, 1.54) is 12.0 Å². The van der Waals surface area contributed by atoms with E-state index in [0.29, 0.717) is 12.6 Å². The van der Waals surface area contributed by atoms with Gasteiger partial charge in [0.1, 0.15) is 6.67 Å². The number of nitrogens with zero attached hydrogens (tertiary/aromatic N) is 2. The van der Waals surface area contributed by atoms with Gasteiger partial charge in [-0.3, -0.25) is 9.88 Å². The summed E-state index contributed by atoms with van der Waals surface area (Å²) in [5.74, 6) is 0. The van der Waals surface area contributed by atoms with E-state index in [1.54, 1.807) is 6.20 Å². The largest absolute Gasteiger partial charge is 0.294 e. The van der Waals surface area contributed by atoms with Crippen LogP contribution in [-0.4, -0.2) is 29.6 Å². The highest BCUT2D eigenvalue weighted by atomic mass is 19.1. The fourth-order valence-electron chi connectivity index (χ4n) is 2.15. The third-order valence-electron chi connectivity index (χ3n) is 2.80. The van der Waals surface area contributed by atoms with Crippen molar-refractivity contribution in [3.8, 4) is 0 Å². The first-order valence-corrected chi connectivity index (χ1v) is 5.12. The predicted molar refractivity (Wildman–Crippen MR) is 53.8 cm³/mol. The molecule has 2 rings (SSSR count). The molecular formula is C11H15FN2. The van der Waals surface area contributed by atoms with Crippen molar-refractivity contribution in [2.75, 3.05) is 19.8 Å². The first-order valence-electron chi connectivity index (χ1n) is 5.12. The van der Waals surface area contributed by atoms with Crippen LogP contribution in [0.15, 0.2) is 24.5 Å². The molecule has 0 aliphatic carbocycles. The van der Waals surface area contributed by atoms with E-state index < -0.39 is 0 Å². The number of aromatic nitrogens is 1. The van der Waals surface area contributed by atoms with Crippen LogP contribution < -0.4 is 0 Å². The molecule has 1 aromatic heterocycles. The lowest BCUT2D eigenvalue weighted by Gasteiger charge is -2.22. The van der Waals surface area contributed by atoms with Gasteiger partial charge in [0.05, 0.1) is 0 Å². The fraction of sp³-hybridized carbons (Fsp3) is 0.545. The average Bonchev–Trinajstić information content (AvgIpc) is 2.68. The molecule has 14 heavy (non-hydrogen) atoms. The van der Waals surface area contributed by atoms with Crippen molar-refractivity contribution in [2.45, 2.75) is 18.9 Å². The molecule has 1 saturated heterocycles. The van der Waals surface area contributed by atoms with Gasteiger partial charge in [-0.05, 0) is 31.0 Å². The molecule has 3 heteroatoms. The topological polar surface area (TPSA) is 16.1 Å². The van der Waals surface area contributed by atoms with Crippen molar-refractivity contribution in [1.82, 2.24) is 9.88 Å². The molecule has 0 N–H and O–H groups in total. The zero-order chi connectivity index (χ0) is 9.80. The summed E-state index contributed by atoms with van der Waals surface area (Å²) < 4.78 is 12.3. The highest BCUT2D eigenvalue weighted by Gasteiger charge is 2.25. The Morgan fingerprint density at radius 2 is 2.50 bits per heavy atom. The molecule has 0 bridgehead atoms. The molecule has 1 aliphatic rings. The predicted octanol–water partition coefficient (Wildman–Crippen LogP) is 2.19. The Bertz CT molecular complexity index is 276. The van der Waals surface area contributed by atoms with Crippen molar-refractivity contribution in [1.29, 1.82) is 0 Å². The summed E-state index contributed by atoms with van der Waals surface area (Å²) in [4.78, 5) is 6.31. The Kier molecular flexibility index (Phi) is 3.09. The first-order chi connectivity index (χ1) is 6.92. The molecule has 2 heterocycles. The minimum atomic E-state index is -0.253. The van der Waals surface area contributed by atoms with Crippen LogP contribution in [0.3, 0.4) is 0 Å². The number of alkyl halides is 1. The standard InChI is InChI=1S/C11H15FN2/c12-5-8-14-7-2-4-11(14)10-3-1-6-13-9-10/h1,3,6,9,11H,2,4-5,7-8H2. The Labute approximate surface area is 83.8 Å². The molecule has 76 valence electrons. The molecule has 0 saturated carbocycles. The molecule has 0 spiro atoms. The minimum absolute atomic E-state index is 0.253. The van der Waals surface area contributed by atoms with E-state index in [2.05, 4.69) is 16.0 Å². The number of pyridine rings is 1. The molecule has 1 unspecified atom stereocenters. The van der Waals surface area contributed by atoms with Gasteiger partial charge in [-0.15, -0.1) is 0 Å². The van der Waals surface area contributed by atoms with Gasteiger partial charge in [-0.1, -0.05) is 6.07 Å². The van der Waals surface area contributed by atoms with E-state index >= 15 is 0 Å². The van der Waals surface area contributed by atoms with Crippen molar-refractivity contribution in [2.24, 2.45) is 0 Å². The van der Waals surface area contributed by atoms with E-state index in [9.17, 15) is 4.39 Å². The van der Waals surface area contributed by atoms with Gasteiger partial charge < -0.3 is 0 Å². The van der Waals surface area contributed by atoms with Crippen molar-refractivity contribution < 1.29 is 4.39 Å². The van der Waals surface area contributed by atoms with Gasteiger partial charge in [-0.2, -0.15) is 0 Å². The molecule has 1 fully saturated rings. The third-order valence-corrected chi connectivity index (χ3v) is 2.80. The smallest absolute Gasteiger partial charge is 0.102 e. The number of hydrogen-bond donors (Lipinski definition) is 0. The van der Waals surface area contributed by atoms with E-state index in [0.717, 1.165) is 13.0 Å². The second kappa shape index (κ2) is 4.51. The lowest BCUT2D eigenvalue weighted by atomic mass is 10.1. The first kappa shape index (κ1) is 9.59. The van der Waals surface area contributed by atoms with Crippen LogP contribution in [0.1, 0.15) is 24.4 Å². The molecule has 0 amide bonds. The Hall–Kier alpha value is -0.960. The summed E-state index contributed by atoms with van der Waals surface area (Å²) in [7, 11) is 0. The Morgan fingerprint density at radius 3 is 3.21 bits per heavy atom. The molecular weight excluding hydrogens is 179 g/mol. The van der Waals surface area contributed by atoms with Crippen LogP contribution in [0, 0.1) is 0 Å². The monoisotopic (exact) mass is 194 g/mol. The summed E-state index contributed by atoms with van der Waals surface area (Å²) in [6.45, 7) is 1.32. The quantitative estimate of drug-likeness (QED) is 0.733. The summed E-state index contributed by atoms with van der Waals surface area (Å²) >= 11 is 0. The molecule has 1 atom stereocenters. The van der Waals surface area contributed by atoms with Gasteiger partial charge in [0, 0.05) is 25.0 Å². The highest BCUT2D eigenvalue weighted by Crippen LogP contribution is 2.30. The van der Waals surface area contributed by atoms with Crippen LogP contribution in [0.25, 0.3) is 0 Å². The van der Waals surface area contributed by atoms with Gasteiger partial charge in [0.25, 0.3) is 0 Å². The maximum absolute atomic E-state index is 12.3. The lowest BCUT2D eigenvalue weighted by molar-refractivity contribution is 0.233. The third kappa shape index (κ3) is 1.93. The Balaban J connectivity index is 2.10. The zero-order valence-electron chi connectivity index (χ0n) is 8.19. The summed E-state index contributed by atoms with van der Waals surface area (Å²) in [5.41, 5.74) is 1.22. The normalized spacial score (nSPS) is 22.8. The molecule has 0 radical (unpaired) electrons. The number of hydrogen-bond acceptors (Lipinski definition) is 2. The van der Waals surface area contributed by atoms with Crippen LogP contribution in [-0.2, 0) is 0 Å². The van der Waals surface area contributed by atoms with Crippen molar-refractivity contribution >= 4 is 0 Å². The van der Waals surface area contributed by atoms with Gasteiger partial charge in [0.2, 0.25) is 0 Å². The molecule has 1 aliphatic heterocycles. The second-order valence-corrected chi connectivity index (χ2v) is 3.67. The highest BCUT2D eigenvalue weighted by molar-refractivity contribution is 5.15. The van der Waals surface area contributed by atoms with Crippen molar-refractivity contribution in [3.63, 3.8) is 0 Å². The van der Waals surface area contributed by atoms with E-state index in [1.807, 2.05) is 12.3 Å². The van der Waals surface area contributed by atoms with Crippen molar-refractivity contribution in [3.05, 3.63) is 30.1 Å². The van der Waals surface area contributed by atoms with Crippen LogP contribution in [0.5, 0.6) is 0 Å². The lowest BCUT2D eigenvalue weighted by Crippen LogP contribution is -2.25. The van der Waals surface area contributed by atoms with Gasteiger partial charge in [0.15, 0.2) is 0 Å². The number of halogens is 1. The summed E-state index contributed by atoms with van der Waals surface area (Å²) in [5, 5.41) is 0. The summed E-state index contributed by atoms with van der Waals surface area (Å²) in [6.07, 6.45) is 5.96. The van der Waals surface area contributed by atoms with Crippen LogP contribution >= 0.6 is 0 Å². The fourth-order valence-corrected chi connectivity index (χ4v) is 2.15.